The molecule has 1 rings (SSSR count). The Bertz CT molecular complexity index is 482. The van der Waals surface area contributed by atoms with E-state index in [9.17, 15) is 4.79 Å². The van der Waals surface area contributed by atoms with Gasteiger partial charge in [-0.25, -0.2) is 9.98 Å². The lowest BCUT2D eigenvalue weighted by atomic mass is 10.4. The second-order valence-electron chi connectivity index (χ2n) is 4.91. The molecule has 1 aromatic rings. The largest absolute Gasteiger partial charge is 0.357 e. The molecule has 6 nitrogen and oxygen atoms in total. The molecule has 0 aliphatic rings. The van der Waals surface area contributed by atoms with E-state index in [0.29, 0.717) is 19.5 Å². The van der Waals surface area contributed by atoms with Gasteiger partial charge in [0, 0.05) is 38.5 Å². The molecule has 0 aliphatic heterocycles. The predicted molar refractivity (Wildman–Crippen MR) is 103 cm³/mol. The first-order valence-electron chi connectivity index (χ1n) is 7.09. The Morgan fingerprint density at radius 3 is 2.50 bits per heavy atom. The van der Waals surface area contributed by atoms with E-state index < -0.39 is 0 Å². The van der Waals surface area contributed by atoms with Gasteiger partial charge in [-0.15, -0.1) is 35.3 Å². The van der Waals surface area contributed by atoms with E-state index in [-0.39, 0.29) is 29.9 Å². The Kier molecular flexibility index (Phi) is 10.3. The maximum absolute atomic E-state index is 11.5. The molecule has 0 saturated carbocycles. The number of nitrogens with one attached hydrogen (secondary N) is 2. The van der Waals surface area contributed by atoms with Crippen LogP contribution in [0.15, 0.2) is 4.99 Å². The average molecular weight is 439 g/mol. The summed E-state index contributed by atoms with van der Waals surface area (Å²) in [6, 6.07) is 0. The summed E-state index contributed by atoms with van der Waals surface area (Å²) in [5.74, 6) is 0.819. The van der Waals surface area contributed by atoms with Crippen molar-refractivity contribution in [1.82, 2.24) is 20.5 Å². The van der Waals surface area contributed by atoms with Gasteiger partial charge in [0.2, 0.25) is 5.91 Å². The highest BCUT2D eigenvalue weighted by molar-refractivity contribution is 14.0. The fourth-order valence-corrected chi connectivity index (χ4v) is 2.47. The first-order valence-corrected chi connectivity index (χ1v) is 7.91. The zero-order valence-electron chi connectivity index (χ0n) is 13.9. The quantitative estimate of drug-likeness (QED) is 0.404. The van der Waals surface area contributed by atoms with Crippen LogP contribution >= 0.6 is 35.3 Å². The van der Waals surface area contributed by atoms with Gasteiger partial charge in [-0.1, -0.05) is 0 Å². The van der Waals surface area contributed by atoms with Crippen LogP contribution in [0.5, 0.6) is 0 Å². The molecule has 0 radical (unpaired) electrons. The highest BCUT2D eigenvalue weighted by Gasteiger charge is 2.06. The van der Waals surface area contributed by atoms with Crippen molar-refractivity contribution in [3.05, 3.63) is 15.6 Å². The number of rotatable bonds is 6. The number of carbonyl (C=O) groups is 1. The van der Waals surface area contributed by atoms with Crippen LogP contribution in [0.3, 0.4) is 0 Å². The summed E-state index contributed by atoms with van der Waals surface area (Å²) in [4.78, 5) is 23.3. The third-order valence-corrected chi connectivity index (χ3v) is 3.98. The van der Waals surface area contributed by atoms with Crippen molar-refractivity contribution in [3.63, 3.8) is 0 Å². The van der Waals surface area contributed by atoms with Crippen LogP contribution in [0.25, 0.3) is 0 Å². The van der Waals surface area contributed by atoms with Gasteiger partial charge in [0.05, 0.1) is 12.2 Å². The number of guanidine groups is 1. The predicted octanol–water partition coefficient (Wildman–Crippen LogP) is 1.91. The molecule has 0 spiro atoms. The minimum atomic E-state index is 0. The summed E-state index contributed by atoms with van der Waals surface area (Å²) in [6.07, 6.45) is 0.451. The number of aromatic nitrogens is 1. The van der Waals surface area contributed by atoms with Crippen molar-refractivity contribution in [2.75, 3.05) is 27.2 Å². The van der Waals surface area contributed by atoms with E-state index in [4.69, 9.17) is 0 Å². The van der Waals surface area contributed by atoms with Crippen LogP contribution in [0.1, 0.15) is 28.9 Å². The molecule has 1 aromatic heterocycles. The van der Waals surface area contributed by atoms with Crippen molar-refractivity contribution >= 4 is 47.2 Å². The molecule has 0 bridgehead atoms. The van der Waals surface area contributed by atoms with Gasteiger partial charge in [-0.3, -0.25) is 4.79 Å². The minimum absolute atomic E-state index is 0. The molecule has 0 aromatic carbocycles. The number of aryl methyl sites for hydroxylation is 2. The SMILES string of the molecule is CCNC(=NCc1nc(C)c(C)s1)NCCC(=O)N(C)C.I. The first kappa shape index (κ1) is 21.1. The number of amides is 1. The number of hydrogen-bond acceptors (Lipinski definition) is 4. The second-order valence-corrected chi connectivity index (χ2v) is 6.20. The lowest BCUT2D eigenvalue weighted by molar-refractivity contribution is -0.128. The van der Waals surface area contributed by atoms with Gasteiger partial charge in [-0.2, -0.15) is 0 Å². The number of aliphatic imine (C=N–C) groups is 1. The topological polar surface area (TPSA) is 69.6 Å². The number of thiazole rings is 1. The van der Waals surface area contributed by atoms with Gasteiger partial charge >= 0.3 is 0 Å². The van der Waals surface area contributed by atoms with Crippen molar-refractivity contribution in [3.8, 4) is 0 Å². The summed E-state index contributed by atoms with van der Waals surface area (Å²) < 4.78 is 0. The normalized spacial score (nSPS) is 10.9. The Balaban J connectivity index is 0.00000441. The average Bonchev–Trinajstić information content (AvgIpc) is 2.74. The Morgan fingerprint density at radius 1 is 1.32 bits per heavy atom. The van der Waals surface area contributed by atoms with Crippen LogP contribution in [0.2, 0.25) is 0 Å². The highest BCUT2D eigenvalue weighted by Crippen LogP contribution is 2.16. The molecule has 1 amide bonds. The van der Waals surface area contributed by atoms with Gasteiger partial charge in [0.15, 0.2) is 5.96 Å². The first-order chi connectivity index (χ1) is 9.93. The Morgan fingerprint density at radius 2 is 2.00 bits per heavy atom. The smallest absolute Gasteiger partial charge is 0.223 e. The van der Waals surface area contributed by atoms with Gasteiger partial charge < -0.3 is 15.5 Å². The van der Waals surface area contributed by atoms with E-state index in [0.717, 1.165) is 23.2 Å². The summed E-state index contributed by atoms with van der Waals surface area (Å²) in [5, 5.41) is 7.34. The molecular weight excluding hydrogens is 413 g/mol. The van der Waals surface area contributed by atoms with E-state index in [1.807, 2.05) is 13.8 Å². The highest BCUT2D eigenvalue weighted by atomic mass is 127. The summed E-state index contributed by atoms with van der Waals surface area (Å²) in [5.41, 5.74) is 1.07. The lowest BCUT2D eigenvalue weighted by Gasteiger charge is -2.13. The van der Waals surface area contributed by atoms with Crippen LogP contribution < -0.4 is 10.6 Å². The molecule has 0 fully saturated rings. The molecule has 1 heterocycles. The third-order valence-electron chi connectivity index (χ3n) is 2.92. The Hall–Kier alpha value is -0.900. The van der Waals surface area contributed by atoms with Gasteiger partial charge in [0.25, 0.3) is 0 Å². The zero-order valence-corrected chi connectivity index (χ0v) is 17.0. The second kappa shape index (κ2) is 10.8. The van der Waals surface area contributed by atoms with E-state index >= 15 is 0 Å². The molecule has 0 saturated heterocycles. The van der Waals surface area contributed by atoms with Crippen molar-refractivity contribution in [2.24, 2.45) is 4.99 Å². The number of hydrogen-bond donors (Lipinski definition) is 2. The van der Waals surface area contributed by atoms with Crippen LogP contribution in [0.4, 0.5) is 0 Å². The van der Waals surface area contributed by atoms with E-state index in [1.54, 1.807) is 30.3 Å². The minimum Gasteiger partial charge on any atom is -0.357 e. The Labute approximate surface area is 153 Å². The van der Waals surface area contributed by atoms with Gasteiger partial charge in [-0.05, 0) is 20.8 Å². The van der Waals surface area contributed by atoms with Gasteiger partial charge in [0.1, 0.15) is 5.01 Å². The number of carbonyl (C=O) groups excluding carboxylic acids is 1. The maximum atomic E-state index is 11.5. The van der Waals surface area contributed by atoms with Crippen LogP contribution in [-0.4, -0.2) is 48.9 Å². The van der Waals surface area contributed by atoms with E-state index in [2.05, 4.69) is 27.5 Å². The molecule has 0 aliphatic carbocycles. The summed E-state index contributed by atoms with van der Waals surface area (Å²) in [7, 11) is 3.52. The zero-order chi connectivity index (χ0) is 15.8. The van der Waals surface area contributed by atoms with Crippen molar-refractivity contribution in [1.29, 1.82) is 0 Å². The van der Waals surface area contributed by atoms with E-state index in [1.165, 1.54) is 4.88 Å². The third kappa shape index (κ3) is 7.39. The number of nitrogens with zero attached hydrogens (tertiary/aromatic N) is 3. The molecule has 2 N–H and O–H groups in total. The number of halogens is 1. The molecule has 126 valence electrons. The standard InChI is InChI=1S/C14H25N5OS.HI/c1-6-15-14(16-8-7-13(20)19(4)5)17-9-12-18-10(2)11(3)21-12;/h6-9H2,1-5H3,(H2,15,16,17);1H. The monoisotopic (exact) mass is 439 g/mol. The van der Waals surface area contributed by atoms with Crippen molar-refractivity contribution < 1.29 is 4.79 Å². The maximum Gasteiger partial charge on any atom is 0.223 e. The fraction of sp³-hybridized carbons (Fsp3) is 0.643. The van der Waals surface area contributed by atoms with Crippen LogP contribution in [-0.2, 0) is 11.3 Å². The molecular formula is C14H26IN5OS. The summed E-state index contributed by atoms with van der Waals surface area (Å²) >= 11 is 1.67. The molecule has 0 unspecified atom stereocenters. The molecule has 8 heteroatoms. The van der Waals surface area contributed by atoms with Crippen LogP contribution in [0, 0.1) is 13.8 Å². The fourth-order valence-electron chi connectivity index (χ4n) is 1.61. The lowest BCUT2D eigenvalue weighted by Crippen LogP contribution is -2.39. The summed E-state index contributed by atoms with van der Waals surface area (Å²) in [6.45, 7) is 7.99. The molecule has 0 atom stereocenters. The molecule has 22 heavy (non-hydrogen) atoms. The van der Waals surface area contributed by atoms with Crippen molar-refractivity contribution in [2.45, 2.75) is 33.7 Å².